The zero-order valence-corrected chi connectivity index (χ0v) is 16.4. The molecule has 0 aliphatic carbocycles. The minimum absolute atomic E-state index is 0.0219. The van der Waals surface area contributed by atoms with E-state index in [0.717, 1.165) is 17.0 Å². The number of carbonyl (C=O) groups excluding carboxylic acids is 2. The first-order chi connectivity index (χ1) is 14.2. The quantitative estimate of drug-likeness (QED) is 0.481. The average molecular weight is 396 g/mol. The topological polar surface area (TPSA) is 77.4 Å². The van der Waals surface area contributed by atoms with Crippen molar-refractivity contribution >= 4 is 17.6 Å². The van der Waals surface area contributed by atoms with Crippen LogP contribution in [0.4, 0.5) is 0 Å². The molecule has 0 fully saturated rings. The highest BCUT2D eigenvalue weighted by Gasteiger charge is 2.22. The Bertz CT molecular complexity index is 849. The van der Waals surface area contributed by atoms with Gasteiger partial charge in [0.25, 0.3) is 0 Å². The third-order valence-electron chi connectivity index (χ3n) is 4.41. The van der Waals surface area contributed by atoms with Crippen LogP contribution in [0.1, 0.15) is 24.8 Å². The molecule has 0 N–H and O–H groups in total. The van der Waals surface area contributed by atoms with Crippen LogP contribution >= 0.6 is 0 Å². The molecule has 0 bridgehead atoms. The van der Waals surface area contributed by atoms with Gasteiger partial charge in [-0.2, -0.15) is 5.10 Å². The van der Waals surface area contributed by atoms with Crippen molar-refractivity contribution in [3.05, 3.63) is 60.2 Å². The van der Waals surface area contributed by atoms with Crippen LogP contribution in [0.3, 0.4) is 0 Å². The van der Waals surface area contributed by atoms with Crippen molar-refractivity contribution < 1.29 is 23.8 Å². The Morgan fingerprint density at radius 1 is 0.966 bits per heavy atom. The van der Waals surface area contributed by atoms with E-state index in [9.17, 15) is 9.59 Å². The smallest absolute Gasteiger partial charge is 0.306 e. The summed E-state index contributed by atoms with van der Waals surface area (Å²) in [5, 5.41) is 5.81. The predicted molar refractivity (Wildman–Crippen MR) is 108 cm³/mol. The molecular formula is C22H24N2O5. The summed E-state index contributed by atoms with van der Waals surface area (Å²) in [6.07, 6.45) is 0.806. The van der Waals surface area contributed by atoms with Crippen molar-refractivity contribution in [2.24, 2.45) is 5.10 Å². The molecule has 2 aromatic carbocycles. The molecule has 0 unspecified atom stereocenters. The predicted octanol–water partition coefficient (Wildman–Crippen LogP) is 3.03. The lowest BCUT2D eigenvalue weighted by Gasteiger charge is -2.11. The van der Waals surface area contributed by atoms with Crippen LogP contribution in [-0.4, -0.2) is 49.5 Å². The maximum Gasteiger partial charge on any atom is 0.306 e. The van der Waals surface area contributed by atoms with Gasteiger partial charge in [-0.05, 0) is 29.8 Å². The number of esters is 1. The fraction of sp³-hybridized carbons (Fsp3) is 0.318. The van der Waals surface area contributed by atoms with E-state index in [-0.39, 0.29) is 32.0 Å². The number of methoxy groups -OCH3 is 1. The van der Waals surface area contributed by atoms with E-state index in [1.54, 1.807) is 31.4 Å². The molecule has 7 heteroatoms. The number of benzene rings is 2. The summed E-state index contributed by atoms with van der Waals surface area (Å²) in [4.78, 5) is 24.1. The van der Waals surface area contributed by atoms with Crippen LogP contribution < -0.4 is 9.47 Å². The molecule has 0 atom stereocenters. The minimum atomic E-state index is -0.428. The van der Waals surface area contributed by atoms with Crippen molar-refractivity contribution in [2.45, 2.75) is 19.3 Å². The molecule has 29 heavy (non-hydrogen) atoms. The van der Waals surface area contributed by atoms with E-state index in [1.807, 2.05) is 30.3 Å². The molecule has 7 nitrogen and oxygen atoms in total. The summed E-state index contributed by atoms with van der Waals surface area (Å²) >= 11 is 0. The summed E-state index contributed by atoms with van der Waals surface area (Å²) in [7, 11) is 1.60. The van der Waals surface area contributed by atoms with Gasteiger partial charge < -0.3 is 14.2 Å². The number of carbonyl (C=O) groups is 2. The molecule has 0 saturated carbocycles. The number of hydrazone groups is 1. The number of amides is 1. The van der Waals surface area contributed by atoms with Gasteiger partial charge in [0.05, 0.1) is 25.8 Å². The molecule has 1 aliphatic rings. The Labute approximate surface area is 169 Å². The van der Waals surface area contributed by atoms with Gasteiger partial charge in [0.1, 0.15) is 24.7 Å². The first-order valence-electron chi connectivity index (χ1n) is 9.51. The third kappa shape index (κ3) is 6.07. The van der Waals surface area contributed by atoms with Crippen molar-refractivity contribution in [1.29, 1.82) is 0 Å². The van der Waals surface area contributed by atoms with Crippen LogP contribution in [0.5, 0.6) is 11.5 Å². The highest BCUT2D eigenvalue weighted by Crippen LogP contribution is 2.17. The minimum Gasteiger partial charge on any atom is -0.497 e. The SMILES string of the molecule is COc1ccc(OCCOC(=O)CCC(=O)N2CCC(c3ccccc3)=N2)cc1. The van der Waals surface area contributed by atoms with Gasteiger partial charge in [-0.1, -0.05) is 30.3 Å². The first-order valence-corrected chi connectivity index (χ1v) is 9.51. The molecule has 1 amide bonds. The summed E-state index contributed by atoms with van der Waals surface area (Å²) in [6, 6.07) is 16.9. The number of rotatable bonds is 9. The van der Waals surface area contributed by atoms with Crippen LogP contribution in [0.15, 0.2) is 59.7 Å². The van der Waals surface area contributed by atoms with E-state index >= 15 is 0 Å². The van der Waals surface area contributed by atoms with Crippen LogP contribution in [0, 0.1) is 0 Å². The zero-order valence-electron chi connectivity index (χ0n) is 16.4. The van der Waals surface area contributed by atoms with Crippen molar-refractivity contribution in [2.75, 3.05) is 26.9 Å². The van der Waals surface area contributed by atoms with Gasteiger partial charge in [-0.25, -0.2) is 5.01 Å². The van der Waals surface area contributed by atoms with E-state index < -0.39 is 5.97 Å². The largest absolute Gasteiger partial charge is 0.497 e. The second-order valence-corrected chi connectivity index (χ2v) is 6.42. The Morgan fingerprint density at radius 2 is 1.69 bits per heavy atom. The number of ether oxygens (including phenoxy) is 3. The zero-order chi connectivity index (χ0) is 20.5. The highest BCUT2D eigenvalue weighted by molar-refractivity contribution is 6.02. The Kier molecular flexibility index (Phi) is 7.22. The van der Waals surface area contributed by atoms with Gasteiger partial charge in [0, 0.05) is 12.8 Å². The number of hydrogen-bond donors (Lipinski definition) is 0. The molecular weight excluding hydrogens is 372 g/mol. The summed E-state index contributed by atoms with van der Waals surface area (Å²) < 4.78 is 15.7. The summed E-state index contributed by atoms with van der Waals surface area (Å²) in [5.74, 6) is 0.801. The van der Waals surface area contributed by atoms with Gasteiger partial charge in [-0.3, -0.25) is 9.59 Å². The van der Waals surface area contributed by atoms with Gasteiger partial charge >= 0.3 is 5.97 Å². The Hall–Kier alpha value is -3.35. The standard InChI is InChI=1S/C22H24N2O5/c1-27-18-7-9-19(10-8-18)28-15-16-29-22(26)12-11-21(25)24-14-13-20(23-24)17-5-3-2-4-6-17/h2-10H,11-16H2,1H3. The fourth-order valence-corrected chi connectivity index (χ4v) is 2.87. The van der Waals surface area contributed by atoms with Crippen LogP contribution in [0.2, 0.25) is 0 Å². The van der Waals surface area contributed by atoms with Gasteiger partial charge in [-0.15, -0.1) is 0 Å². The molecule has 152 valence electrons. The van der Waals surface area contributed by atoms with Crippen molar-refractivity contribution in [1.82, 2.24) is 5.01 Å². The summed E-state index contributed by atoms with van der Waals surface area (Å²) in [6.45, 7) is 0.899. The normalized spacial score (nSPS) is 13.0. The number of hydrogen-bond acceptors (Lipinski definition) is 6. The van der Waals surface area contributed by atoms with Crippen molar-refractivity contribution in [3.8, 4) is 11.5 Å². The molecule has 1 heterocycles. The number of nitrogens with zero attached hydrogens (tertiary/aromatic N) is 2. The third-order valence-corrected chi connectivity index (χ3v) is 4.41. The molecule has 0 spiro atoms. The highest BCUT2D eigenvalue weighted by atomic mass is 16.6. The first kappa shape index (κ1) is 20.4. The molecule has 0 saturated heterocycles. The van der Waals surface area contributed by atoms with E-state index in [2.05, 4.69) is 5.10 Å². The lowest BCUT2D eigenvalue weighted by Crippen LogP contribution is -2.24. The van der Waals surface area contributed by atoms with E-state index in [1.165, 1.54) is 5.01 Å². The molecule has 2 aromatic rings. The van der Waals surface area contributed by atoms with E-state index in [0.29, 0.717) is 18.7 Å². The Morgan fingerprint density at radius 3 is 2.41 bits per heavy atom. The van der Waals surface area contributed by atoms with Crippen LogP contribution in [-0.2, 0) is 14.3 Å². The molecule has 0 radical (unpaired) electrons. The van der Waals surface area contributed by atoms with Gasteiger partial charge in [0.2, 0.25) is 5.91 Å². The van der Waals surface area contributed by atoms with Crippen molar-refractivity contribution in [3.63, 3.8) is 0 Å². The molecule has 0 aromatic heterocycles. The van der Waals surface area contributed by atoms with Gasteiger partial charge in [0.15, 0.2) is 0 Å². The molecule has 1 aliphatic heterocycles. The lowest BCUT2D eigenvalue weighted by atomic mass is 10.1. The fourth-order valence-electron chi connectivity index (χ4n) is 2.87. The Balaban J connectivity index is 1.34. The maximum absolute atomic E-state index is 12.3. The second kappa shape index (κ2) is 10.3. The van der Waals surface area contributed by atoms with E-state index in [4.69, 9.17) is 14.2 Å². The molecule has 3 rings (SSSR count). The lowest BCUT2D eigenvalue weighted by molar-refractivity contribution is -0.146. The summed E-state index contributed by atoms with van der Waals surface area (Å²) in [5.41, 5.74) is 1.90. The average Bonchev–Trinajstić information content (AvgIpc) is 3.26. The maximum atomic E-state index is 12.3. The second-order valence-electron chi connectivity index (χ2n) is 6.42. The monoisotopic (exact) mass is 396 g/mol. The van der Waals surface area contributed by atoms with Crippen LogP contribution in [0.25, 0.3) is 0 Å².